The molecule has 2 aromatic carbocycles. The molecule has 2 heterocycles. The van der Waals surface area contributed by atoms with Crippen molar-refractivity contribution in [1.29, 1.82) is 5.41 Å². The molecule has 32 heavy (non-hydrogen) atoms. The molecule has 0 aliphatic heterocycles. The molecule has 0 bridgehead atoms. The summed E-state index contributed by atoms with van der Waals surface area (Å²) in [5.74, 6) is 0.921. The Morgan fingerprint density at radius 3 is 2.44 bits per heavy atom. The Bertz CT molecular complexity index is 1210. The van der Waals surface area contributed by atoms with Crippen molar-refractivity contribution in [3.63, 3.8) is 0 Å². The van der Waals surface area contributed by atoms with E-state index in [2.05, 4.69) is 76.2 Å². The fourth-order valence-electron chi connectivity index (χ4n) is 3.84. The first kappa shape index (κ1) is 21.5. The summed E-state index contributed by atoms with van der Waals surface area (Å²) in [6.45, 7) is 4.58. The van der Waals surface area contributed by atoms with Gasteiger partial charge in [0.2, 0.25) is 0 Å². The zero-order valence-corrected chi connectivity index (χ0v) is 18.7. The van der Waals surface area contributed by atoms with Crippen LogP contribution < -0.4 is 15.4 Å². The number of ether oxygens (including phenoxy) is 1. The molecular weight excluding hydrogens is 396 g/mol. The van der Waals surface area contributed by atoms with Gasteiger partial charge < -0.3 is 19.2 Å². The van der Waals surface area contributed by atoms with Gasteiger partial charge in [-0.25, -0.2) is 0 Å². The van der Waals surface area contributed by atoms with Crippen LogP contribution in [0.5, 0.6) is 5.75 Å². The Balaban J connectivity index is 1.37. The van der Waals surface area contributed by atoms with E-state index >= 15 is 0 Å². The molecular formula is C27H30N4O. The van der Waals surface area contributed by atoms with E-state index < -0.39 is 0 Å². The van der Waals surface area contributed by atoms with Gasteiger partial charge in [0, 0.05) is 44.9 Å². The molecule has 4 rings (SSSR count). The quantitative estimate of drug-likeness (QED) is 0.357. The lowest BCUT2D eigenvalue weighted by Crippen LogP contribution is -2.11. The van der Waals surface area contributed by atoms with Crippen molar-refractivity contribution >= 4 is 5.69 Å². The summed E-state index contributed by atoms with van der Waals surface area (Å²) in [5.41, 5.74) is 5.68. The summed E-state index contributed by atoms with van der Waals surface area (Å²) in [5, 5.41) is 11.5. The van der Waals surface area contributed by atoms with Crippen molar-refractivity contribution in [1.82, 2.24) is 9.13 Å². The van der Waals surface area contributed by atoms with E-state index in [1.165, 1.54) is 22.3 Å². The first-order valence-electron chi connectivity index (χ1n) is 11.0. The highest BCUT2D eigenvalue weighted by molar-refractivity contribution is 5.68. The standard InChI is InChI=1S/C27H30N4O/c1-21-18-24(32-17-5-15-30-13-3-4-14-30)10-11-25(21)23-8-6-22(7-9-23)19-31-16-12-26(28)27(20-31)29-2/h3-4,6-14,16,18,20,28-29H,5,15,17,19H2,1-2H3. The van der Waals surface area contributed by atoms with Crippen LogP contribution in [0.4, 0.5) is 5.69 Å². The number of aromatic nitrogens is 2. The summed E-state index contributed by atoms with van der Waals surface area (Å²) in [6, 6.07) is 20.9. The fraction of sp³-hybridized carbons (Fsp3) is 0.222. The molecule has 5 nitrogen and oxygen atoms in total. The molecule has 0 spiro atoms. The Hall–Kier alpha value is -3.73. The molecule has 5 heteroatoms. The number of nitrogens with one attached hydrogen (secondary N) is 2. The van der Waals surface area contributed by atoms with Gasteiger partial charge in [0.1, 0.15) is 5.75 Å². The van der Waals surface area contributed by atoms with Crippen molar-refractivity contribution in [3.8, 4) is 16.9 Å². The summed E-state index contributed by atoms with van der Waals surface area (Å²) in [7, 11) is 1.84. The van der Waals surface area contributed by atoms with Gasteiger partial charge in [-0.3, -0.25) is 5.41 Å². The maximum Gasteiger partial charge on any atom is 0.119 e. The van der Waals surface area contributed by atoms with Crippen molar-refractivity contribution in [2.24, 2.45) is 0 Å². The highest BCUT2D eigenvalue weighted by Gasteiger charge is 2.05. The molecule has 2 aromatic heterocycles. The molecule has 164 valence electrons. The molecule has 0 unspecified atom stereocenters. The van der Waals surface area contributed by atoms with E-state index in [4.69, 9.17) is 10.1 Å². The molecule has 0 aliphatic rings. The maximum absolute atomic E-state index is 7.90. The highest BCUT2D eigenvalue weighted by atomic mass is 16.5. The van der Waals surface area contributed by atoms with Gasteiger partial charge in [0.25, 0.3) is 0 Å². The number of hydrogen-bond donors (Lipinski definition) is 2. The topological polar surface area (TPSA) is 55.0 Å². The molecule has 0 fully saturated rings. The number of benzene rings is 2. The Morgan fingerprint density at radius 1 is 0.938 bits per heavy atom. The van der Waals surface area contributed by atoms with E-state index in [0.717, 1.165) is 30.9 Å². The number of anilines is 1. The van der Waals surface area contributed by atoms with Crippen LogP contribution in [0.15, 0.2) is 85.5 Å². The zero-order valence-electron chi connectivity index (χ0n) is 18.7. The number of hydrogen-bond acceptors (Lipinski definition) is 3. The average molecular weight is 427 g/mol. The monoisotopic (exact) mass is 426 g/mol. The zero-order chi connectivity index (χ0) is 22.3. The molecule has 0 amide bonds. The number of pyridine rings is 1. The molecule has 0 saturated carbocycles. The second-order valence-electron chi connectivity index (χ2n) is 7.99. The van der Waals surface area contributed by atoms with Crippen LogP contribution in [0.1, 0.15) is 17.5 Å². The number of rotatable bonds is 9. The predicted molar refractivity (Wildman–Crippen MR) is 130 cm³/mol. The van der Waals surface area contributed by atoms with Gasteiger partial charge in [-0.15, -0.1) is 0 Å². The van der Waals surface area contributed by atoms with Crippen LogP contribution in [0.3, 0.4) is 0 Å². The molecule has 0 aliphatic carbocycles. The highest BCUT2D eigenvalue weighted by Crippen LogP contribution is 2.27. The van der Waals surface area contributed by atoms with Crippen LogP contribution in [-0.4, -0.2) is 22.8 Å². The second kappa shape index (κ2) is 10.1. The lowest BCUT2D eigenvalue weighted by atomic mass is 9.99. The summed E-state index contributed by atoms with van der Waals surface area (Å²) >= 11 is 0. The van der Waals surface area contributed by atoms with Gasteiger partial charge in [-0.2, -0.15) is 0 Å². The minimum absolute atomic E-state index is 0.503. The first-order valence-corrected chi connectivity index (χ1v) is 11.0. The Labute approximate surface area is 189 Å². The molecule has 0 saturated heterocycles. The smallest absolute Gasteiger partial charge is 0.119 e. The summed E-state index contributed by atoms with van der Waals surface area (Å²) < 4.78 is 10.2. The van der Waals surface area contributed by atoms with Gasteiger partial charge in [0.05, 0.1) is 17.7 Å². The van der Waals surface area contributed by atoms with Crippen LogP contribution >= 0.6 is 0 Å². The SMILES string of the molecule is CNc1cn(Cc2ccc(-c3ccc(OCCCn4cccc4)cc3C)cc2)ccc1=N. The van der Waals surface area contributed by atoms with E-state index in [1.807, 2.05) is 37.6 Å². The van der Waals surface area contributed by atoms with Crippen LogP contribution in [0.2, 0.25) is 0 Å². The third-order valence-electron chi connectivity index (χ3n) is 5.61. The number of nitrogens with zero attached hydrogens (tertiary/aromatic N) is 2. The molecule has 0 radical (unpaired) electrons. The van der Waals surface area contributed by atoms with Gasteiger partial charge >= 0.3 is 0 Å². The van der Waals surface area contributed by atoms with E-state index in [1.54, 1.807) is 0 Å². The van der Waals surface area contributed by atoms with Crippen molar-refractivity contribution in [3.05, 3.63) is 102 Å². The predicted octanol–water partition coefficient (Wildman–Crippen LogP) is 5.30. The minimum atomic E-state index is 0.503. The molecule has 4 aromatic rings. The first-order chi connectivity index (χ1) is 15.6. The van der Waals surface area contributed by atoms with E-state index in [0.29, 0.717) is 12.0 Å². The van der Waals surface area contributed by atoms with Crippen LogP contribution in [0, 0.1) is 12.3 Å². The fourth-order valence-corrected chi connectivity index (χ4v) is 3.84. The maximum atomic E-state index is 7.90. The van der Waals surface area contributed by atoms with E-state index in [9.17, 15) is 0 Å². The third-order valence-corrected chi connectivity index (χ3v) is 5.61. The van der Waals surface area contributed by atoms with Crippen LogP contribution in [0.25, 0.3) is 11.1 Å². The summed E-state index contributed by atoms with van der Waals surface area (Å²) in [6.07, 6.45) is 9.05. The average Bonchev–Trinajstić information content (AvgIpc) is 3.32. The van der Waals surface area contributed by atoms with Crippen molar-refractivity contribution < 1.29 is 4.74 Å². The van der Waals surface area contributed by atoms with Gasteiger partial charge in [-0.05, 0) is 65.9 Å². The Kier molecular flexibility index (Phi) is 6.75. The van der Waals surface area contributed by atoms with Crippen molar-refractivity contribution in [2.45, 2.75) is 26.4 Å². The minimum Gasteiger partial charge on any atom is -0.494 e. The van der Waals surface area contributed by atoms with E-state index in [-0.39, 0.29) is 0 Å². The Morgan fingerprint density at radius 2 is 1.72 bits per heavy atom. The number of aryl methyl sites for hydroxylation is 2. The second-order valence-corrected chi connectivity index (χ2v) is 7.99. The molecule has 2 N–H and O–H groups in total. The third kappa shape index (κ3) is 5.30. The summed E-state index contributed by atoms with van der Waals surface area (Å²) in [4.78, 5) is 0. The van der Waals surface area contributed by atoms with Crippen LogP contribution in [-0.2, 0) is 13.1 Å². The van der Waals surface area contributed by atoms with Crippen molar-refractivity contribution in [2.75, 3.05) is 19.0 Å². The lowest BCUT2D eigenvalue weighted by Gasteiger charge is -2.12. The normalized spacial score (nSPS) is 10.8. The largest absolute Gasteiger partial charge is 0.494 e. The molecule has 0 atom stereocenters. The van der Waals surface area contributed by atoms with Gasteiger partial charge in [0.15, 0.2) is 0 Å². The van der Waals surface area contributed by atoms with Gasteiger partial charge in [-0.1, -0.05) is 30.3 Å². The lowest BCUT2D eigenvalue weighted by molar-refractivity contribution is 0.302.